The van der Waals surface area contributed by atoms with Gasteiger partial charge < -0.3 is 11.1 Å². The Kier molecular flexibility index (Phi) is 5.01. The molecule has 0 bridgehead atoms. The molecule has 5 rings (SSSR count). The van der Waals surface area contributed by atoms with Gasteiger partial charge in [-0.3, -0.25) is 4.99 Å². The number of rotatable bonds is 6. The minimum Gasteiger partial charge on any atom is -0.324 e. The summed E-state index contributed by atoms with van der Waals surface area (Å²) in [6.45, 7) is 1.96. The van der Waals surface area contributed by atoms with Crippen LogP contribution in [0.1, 0.15) is 47.8 Å². The number of nitrogens with one attached hydrogen (secondary N) is 1. The molecule has 2 fully saturated rings. The van der Waals surface area contributed by atoms with E-state index in [2.05, 4.69) is 21.4 Å². The van der Waals surface area contributed by atoms with Crippen LogP contribution in [-0.4, -0.2) is 27.1 Å². The summed E-state index contributed by atoms with van der Waals surface area (Å²) in [6.07, 6.45) is 3.34. The maximum absolute atomic E-state index is 12.9. The first-order valence-corrected chi connectivity index (χ1v) is 11.4. The number of aromatic nitrogens is 2. The summed E-state index contributed by atoms with van der Waals surface area (Å²) in [5, 5.41) is 3.04. The molecule has 0 amide bonds. The van der Waals surface area contributed by atoms with E-state index in [0.29, 0.717) is 17.5 Å². The Morgan fingerprint density at radius 2 is 1.81 bits per heavy atom. The van der Waals surface area contributed by atoms with Crippen molar-refractivity contribution in [3.63, 3.8) is 0 Å². The van der Waals surface area contributed by atoms with Crippen LogP contribution in [0.15, 0.2) is 35.5 Å². The lowest BCUT2D eigenvalue weighted by Crippen LogP contribution is -2.52. The molecule has 2 heterocycles. The molecule has 164 valence electrons. The molecule has 2 aromatic rings. The fraction of sp³-hybridized carbons (Fsp3) is 0.500. The molecule has 1 aromatic heterocycles. The zero-order valence-corrected chi connectivity index (χ0v) is 17.9. The highest BCUT2D eigenvalue weighted by atomic mass is 32.2. The summed E-state index contributed by atoms with van der Waals surface area (Å²) in [5.74, 6) is 1.06. The zero-order valence-electron chi connectivity index (χ0n) is 17.1. The molecule has 2 saturated carbocycles. The Morgan fingerprint density at radius 1 is 1.10 bits per heavy atom. The van der Waals surface area contributed by atoms with Gasteiger partial charge in [-0.2, -0.15) is 13.2 Å². The quantitative estimate of drug-likeness (QED) is 0.633. The third-order valence-electron chi connectivity index (χ3n) is 6.26. The van der Waals surface area contributed by atoms with Gasteiger partial charge in [0.25, 0.3) is 0 Å². The first-order valence-electron chi connectivity index (χ1n) is 10.5. The van der Waals surface area contributed by atoms with E-state index < -0.39 is 11.9 Å². The summed E-state index contributed by atoms with van der Waals surface area (Å²) in [7, 11) is 0. The molecular weight excluding hydrogens is 423 g/mol. The monoisotopic (exact) mass is 447 g/mol. The molecule has 2 atom stereocenters. The van der Waals surface area contributed by atoms with Crippen LogP contribution >= 0.6 is 11.8 Å². The van der Waals surface area contributed by atoms with Gasteiger partial charge in [-0.25, -0.2) is 9.97 Å². The van der Waals surface area contributed by atoms with Gasteiger partial charge in [-0.1, -0.05) is 6.07 Å². The minimum atomic E-state index is -4.51. The minimum absolute atomic E-state index is 0.0567. The average molecular weight is 448 g/mol. The number of nitrogens with two attached hydrogens (primary N) is 1. The molecule has 9 heteroatoms. The molecule has 2 aliphatic carbocycles. The normalized spacial score (nSPS) is 23.9. The van der Waals surface area contributed by atoms with E-state index in [1.165, 1.54) is 25.7 Å². The van der Waals surface area contributed by atoms with Gasteiger partial charge in [0.05, 0.1) is 10.8 Å². The van der Waals surface area contributed by atoms with Gasteiger partial charge in [-0.15, -0.1) is 11.8 Å². The maximum Gasteiger partial charge on any atom is 0.433 e. The number of nitrogens with zero attached hydrogens (tertiary/aromatic N) is 3. The van der Waals surface area contributed by atoms with E-state index in [0.717, 1.165) is 23.4 Å². The number of aliphatic imine (C=N–C) groups is 1. The fourth-order valence-electron chi connectivity index (χ4n) is 4.44. The van der Waals surface area contributed by atoms with Crippen LogP contribution in [0.4, 0.5) is 24.8 Å². The van der Waals surface area contributed by atoms with Crippen LogP contribution in [0, 0.1) is 18.8 Å². The second kappa shape index (κ2) is 7.48. The van der Waals surface area contributed by atoms with Crippen LogP contribution < -0.4 is 11.1 Å². The Balaban J connectivity index is 1.35. The van der Waals surface area contributed by atoms with Crippen molar-refractivity contribution in [1.29, 1.82) is 0 Å². The first-order chi connectivity index (χ1) is 14.7. The highest BCUT2D eigenvalue weighted by Crippen LogP contribution is 2.57. The highest BCUT2D eigenvalue weighted by molar-refractivity contribution is 8.01. The van der Waals surface area contributed by atoms with E-state index >= 15 is 0 Å². The number of hydrogen-bond acceptors (Lipinski definition) is 6. The van der Waals surface area contributed by atoms with E-state index in [9.17, 15) is 13.2 Å². The van der Waals surface area contributed by atoms with Crippen molar-refractivity contribution in [3.05, 3.63) is 47.3 Å². The fourth-order valence-corrected chi connectivity index (χ4v) is 5.91. The lowest BCUT2D eigenvalue weighted by Gasteiger charge is -2.34. The lowest BCUT2D eigenvalue weighted by molar-refractivity contribution is -0.141. The van der Waals surface area contributed by atoms with Crippen LogP contribution in [0.2, 0.25) is 0 Å². The molecule has 3 aliphatic rings. The van der Waals surface area contributed by atoms with Gasteiger partial charge in [0, 0.05) is 18.1 Å². The highest BCUT2D eigenvalue weighted by Gasteiger charge is 2.57. The van der Waals surface area contributed by atoms with Crippen LogP contribution in [0.5, 0.6) is 0 Å². The molecule has 0 spiro atoms. The topological polar surface area (TPSA) is 76.2 Å². The van der Waals surface area contributed by atoms with Crippen LogP contribution in [0.25, 0.3) is 0 Å². The molecular formula is C22H24F3N5S. The molecule has 1 aromatic carbocycles. The number of hydrogen-bond donors (Lipinski definition) is 2. The summed E-state index contributed by atoms with van der Waals surface area (Å²) >= 11 is 1.78. The predicted octanol–water partition coefficient (Wildman–Crippen LogP) is 5.25. The Morgan fingerprint density at radius 3 is 2.45 bits per heavy atom. The number of anilines is 2. The summed E-state index contributed by atoms with van der Waals surface area (Å²) < 4.78 is 38.8. The largest absolute Gasteiger partial charge is 0.433 e. The van der Waals surface area contributed by atoms with Gasteiger partial charge >= 0.3 is 6.18 Å². The van der Waals surface area contributed by atoms with Gasteiger partial charge in [-0.05, 0) is 73.8 Å². The third kappa shape index (κ3) is 4.17. The molecule has 1 aliphatic heterocycles. The summed E-state index contributed by atoms with van der Waals surface area (Å²) in [6, 6.07) is 6.73. The molecule has 3 N–H and O–H groups in total. The summed E-state index contributed by atoms with van der Waals surface area (Å²) in [5.41, 5.74) is 8.40. The Labute approximate surface area is 183 Å². The predicted molar refractivity (Wildman–Crippen MR) is 116 cm³/mol. The number of halogens is 3. The van der Waals surface area contributed by atoms with E-state index in [4.69, 9.17) is 10.7 Å². The number of aryl methyl sites for hydroxylation is 1. The van der Waals surface area contributed by atoms with Crippen molar-refractivity contribution in [2.45, 2.75) is 54.9 Å². The Bertz CT molecular complexity index is 1000. The van der Waals surface area contributed by atoms with Gasteiger partial charge in [0.15, 0.2) is 0 Å². The zero-order chi connectivity index (χ0) is 21.8. The van der Waals surface area contributed by atoms with E-state index in [-0.39, 0.29) is 22.1 Å². The van der Waals surface area contributed by atoms with Crippen molar-refractivity contribution >= 4 is 29.6 Å². The SMILES string of the molecule is Cc1cc(Nc2nccc(C(F)(F)F)n2)cc(C2C=NC(C(N)(C3CC3)C3CC3)S2)c1. The van der Waals surface area contributed by atoms with Crippen molar-refractivity contribution < 1.29 is 13.2 Å². The smallest absolute Gasteiger partial charge is 0.324 e. The molecule has 2 unspecified atom stereocenters. The second-order valence-corrected chi connectivity index (χ2v) is 10.0. The molecule has 31 heavy (non-hydrogen) atoms. The summed E-state index contributed by atoms with van der Waals surface area (Å²) in [4.78, 5) is 12.3. The average Bonchev–Trinajstić information content (AvgIpc) is 3.64. The lowest BCUT2D eigenvalue weighted by atomic mass is 9.88. The van der Waals surface area contributed by atoms with E-state index in [1.54, 1.807) is 11.8 Å². The number of thioether (sulfide) groups is 1. The number of benzene rings is 1. The van der Waals surface area contributed by atoms with Crippen molar-refractivity contribution in [2.24, 2.45) is 22.6 Å². The van der Waals surface area contributed by atoms with Crippen molar-refractivity contribution in [2.75, 3.05) is 5.32 Å². The van der Waals surface area contributed by atoms with Crippen LogP contribution in [-0.2, 0) is 6.18 Å². The van der Waals surface area contributed by atoms with E-state index in [1.807, 2.05) is 25.3 Å². The van der Waals surface area contributed by atoms with Gasteiger partial charge in [0.2, 0.25) is 5.95 Å². The third-order valence-corrected chi connectivity index (χ3v) is 7.73. The maximum atomic E-state index is 12.9. The molecule has 0 radical (unpaired) electrons. The first kappa shape index (κ1) is 20.8. The van der Waals surface area contributed by atoms with Gasteiger partial charge in [0.1, 0.15) is 11.1 Å². The van der Waals surface area contributed by atoms with Crippen LogP contribution in [0.3, 0.4) is 0 Å². The Hall–Kier alpha value is -2.13. The second-order valence-electron chi connectivity index (χ2n) is 8.78. The number of alkyl halides is 3. The molecule has 5 nitrogen and oxygen atoms in total. The van der Waals surface area contributed by atoms with Crippen molar-refractivity contribution in [3.8, 4) is 0 Å². The standard InChI is InChI=1S/C22H24F3N5S/c1-12-8-13(10-16(9-12)29-20-27-7-6-18(30-20)22(23,24)25)17-11-28-19(31-17)21(26,14-2-3-14)15-4-5-15/h6-11,14-15,17,19H,2-5,26H2,1H3,(H,27,29,30). The van der Waals surface area contributed by atoms with Crippen molar-refractivity contribution in [1.82, 2.24) is 9.97 Å². The molecule has 0 saturated heterocycles.